The summed E-state index contributed by atoms with van der Waals surface area (Å²) < 4.78 is 0. The van der Waals surface area contributed by atoms with Gasteiger partial charge in [-0.3, -0.25) is 10.4 Å². The topological polar surface area (TPSA) is 133 Å². The van der Waals surface area contributed by atoms with Gasteiger partial charge in [0.1, 0.15) is 0 Å². The number of urea groups is 1. The lowest BCUT2D eigenvalue weighted by Crippen LogP contribution is -2.19. The molecule has 11 heteroatoms. The van der Waals surface area contributed by atoms with E-state index >= 15 is 0 Å². The number of anilines is 2. The van der Waals surface area contributed by atoms with Crippen molar-refractivity contribution in [3.8, 4) is 10.6 Å². The third kappa shape index (κ3) is 3.50. The Morgan fingerprint density at radius 2 is 2.00 bits per heavy atom. The maximum Gasteiger partial charge on any atom is 0.336 e. The number of aromatic nitrogens is 4. The van der Waals surface area contributed by atoms with Gasteiger partial charge < -0.3 is 10.4 Å². The van der Waals surface area contributed by atoms with Crippen molar-refractivity contribution in [2.45, 2.75) is 0 Å². The molecule has 140 valence electrons. The number of aromatic carboxylic acids is 1. The predicted molar refractivity (Wildman–Crippen MR) is 106 cm³/mol. The summed E-state index contributed by atoms with van der Waals surface area (Å²) in [5.74, 6) is -1.09. The lowest BCUT2D eigenvalue weighted by atomic mass is 10.1. The summed E-state index contributed by atoms with van der Waals surface area (Å²) in [5.41, 5.74) is 1.31. The Labute approximate surface area is 166 Å². The number of fused-ring (bicyclic) bond motifs is 1. The van der Waals surface area contributed by atoms with E-state index in [-0.39, 0.29) is 5.56 Å². The van der Waals surface area contributed by atoms with Gasteiger partial charge in [-0.15, -0.1) is 0 Å². The standard InChI is InChI=1S/C17H11ClN6O3S/c18-10-3-1-2-4-11(10)22-16(27)23-17-19-7-13(28-17)12-5-8(15(25)26)9-6-20-24-14(9)21-12/h1-7H,(H,25,26)(H,20,21,24)(H2,19,22,23,27). The maximum atomic E-state index is 12.1. The molecule has 0 aliphatic heterocycles. The average Bonchev–Trinajstić information content (AvgIpc) is 3.31. The molecule has 0 radical (unpaired) electrons. The summed E-state index contributed by atoms with van der Waals surface area (Å²) in [6.07, 6.45) is 2.92. The highest BCUT2D eigenvalue weighted by Crippen LogP contribution is 2.30. The number of nitrogens with zero attached hydrogens (tertiary/aromatic N) is 3. The average molecular weight is 415 g/mol. The van der Waals surface area contributed by atoms with Crippen molar-refractivity contribution in [1.29, 1.82) is 0 Å². The highest BCUT2D eigenvalue weighted by atomic mass is 35.5. The number of halogens is 1. The summed E-state index contributed by atoms with van der Waals surface area (Å²) in [4.78, 5) is 32.7. The minimum atomic E-state index is -1.09. The summed E-state index contributed by atoms with van der Waals surface area (Å²) >= 11 is 7.17. The van der Waals surface area contributed by atoms with Crippen molar-refractivity contribution < 1.29 is 14.7 Å². The molecule has 1 aromatic carbocycles. The molecule has 0 aliphatic rings. The van der Waals surface area contributed by atoms with Crippen LogP contribution in [0.5, 0.6) is 0 Å². The van der Waals surface area contributed by atoms with Gasteiger partial charge in [0.2, 0.25) is 0 Å². The Morgan fingerprint density at radius 3 is 2.79 bits per heavy atom. The fourth-order valence-electron chi connectivity index (χ4n) is 2.50. The van der Waals surface area contributed by atoms with Gasteiger partial charge in [0, 0.05) is 6.20 Å². The number of pyridine rings is 1. The molecule has 0 atom stereocenters. The van der Waals surface area contributed by atoms with E-state index in [2.05, 4.69) is 30.8 Å². The molecule has 0 aliphatic carbocycles. The van der Waals surface area contributed by atoms with Crippen LogP contribution in [0.1, 0.15) is 10.4 Å². The number of carbonyl (C=O) groups is 2. The third-order valence-corrected chi connectivity index (χ3v) is 5.02. The largest absolute Gasteiger partial charge is 0.478 e. The van der Waals surface area contributed by atoms with E-state index in [1.54, 1.807) is 24.3 Å². The number of carbonyl (C=O) groups excluding carboxylic acids is 1. The molecule has 3 aromatic heterocycles. The molecular weight excluding hydrogens is 404 g/mol. The minimum absolute atomic E-state index is 0.0770. The fourth-order valence-corrected chi connectivity index (χ4v) is 3.45. The molecule has 0 bridgehead atoms. The van der Waals surface area contributed by atoms with Crippen LogP contribution in [0.2, 0.25) is 5.02 Å². The quantitative estimate of drug-likeness (QED) is 0.397. The maximum absolute atomic E-state index is 12.1. The van der Waals surface area contributed by atoms with E-state index in [1.807, 2.05) is 0 Å². The van der Waals surface area contributed by atoms with Crippen molar-refractivity contribution in [3.63, 3.8) is 0 Å². The Bertz CT molecular complexity index is 1200. The molecule has 0 saturated carbocycles. The van der Waals surface area contributed by atoms with E-state index in [4.69, 9.17) is 11.6 Å². The van der Waals surface area contributed by atoms with Gasteiger partial charge in [-0.05, 0) is 18.2 Å². The van der Waals surface area contributed by atoms with Gasteiger partial charge >= 0.3 is 12.0 Å². The highest BCUT2D eigenvalue weighted by Gasteiger charge is 2.16. The lowest BCUT2D eigenvalue weighted by molar-refractivity contribution is 0.0699. The van der Waals surface area contributed by atoms with Crippen LogP contribution in [0.25, 0.3) is 21.6 Å². The summed E-state index contributed by atoms with van der Waals surface area (Å²) in [6, 6.07) is 7.79. The number of aromatic amines is 1. The number of carboxylic acid groups (broad SMARTS) is 1. The summed E-state index contributed by atoms with van der Waals surface area (Å²) in [7, 11) is 0. The molecule has 4 rings (SSSR count). The first-order valence-corrected chi connectivity index (χ1v) is 9.07. The van der Waals surface area contributed by atoms with Gasteiger partial charge in [-0.2, -0.15) is 5.10 Å². The number of amides is 2. The van der Waals surface area contributed by atoms with Crippen LogP contribution < -0.4 is 10.6 Å². The van der Waals surface area contributed by atoms with Crippen molar-refractivity contribution in [2.24, 2.45) is 0 Å². The molecule has 0 spiro atoms. The highest BCUT2D eigenvalue weighted by molar-refractivity contribution is 7.19. The van der Waals surface area contributed by atoms with E-state index in [9.17, 15) is 14.7 Å². The van der Waals surface area contributed by atoms with E-state index < -0.39 is 12.0 Å². The van der Waals surface area contributed by atoms with Crippen molar-refractivity contribution >= 4 is 56.8 Å². The van der Waals surface area contributed by atoms with Crippen LogP contribution in [-0.2, 0) is 0 Å². The number of benzene rings is 1. The number of hydrogen-bond donors (Lipinski definition) is 4. The Morgan fingerprint density at radius 1 is 1.18 bits per heavy atom. The Hall–Kier alpha value is -3.50. The number of hydrogen-bond acceptors (Lipinski definition) is 6. The number of carboxylic acids is 1. The lowest BCUT2D eigenvalue weighted by Gasteiger charge is -2.06. The first-order chi connectivity index (χ1) is 13.5. The SMILES string of the molecule is O=C(Nc1ncc(-c2cc(C(=O)O)c3cn[nH]c3n2)s1)Nc1ccccc1Cl. The second kappa shape index (κ2) is 7.25. The first-order valence-electron chi connectivity index (χ1n) is 7.87. The van der Waals surface area contributed by atoms with E-state index in [0.717, 1.165) is 11.3 Å². The van der Waals surface area contributed by atoms with Gasteiger partial charge in [-0.25, -0.2) is 19.6 Å². The summed E-state index contributed by atoms with van der Waals surface area (Å²) in [5, 5.41) is 22.3. The molecule has 4 aromatic rings. The van der Waals surface area contributed by atoms with Crippen molar-refractivity contribution in [1.82, 2.24) is 20.2 Å². The Kier molecular flexibility index (Phi) is 4.63. The molecule has 0 unspecified atom stereocenters. The second-order valence-electron chi connectivity index (χ2n) is 5.58. The molecule has 0 fully saturated rings. The van der Waals surface area contributed by atoms with E-state index in [0.29, 0.717) is 37.4 Å². The van der Waals surface area contributed by atoms with Crippen LogP contribution in [-0.4, -0.2) is 37.3 Å². The molecule has 0 saturated heterocycles. The molecule has 4 N–H and O–H groups in total. The number of H-pyrrole nitrogens is 1. The van der Waals surface area contributed by atoms with Crippen LogP contribution in [0.4, 0.5) is 15.6 Å². The van der Waals surface area contributed by atoms with Gasteiger partial charge in [-0.1, -0.05) is 35.1 Å². The van der Waals surface area contributed by atoms with Gasteiger partial charge in [0.05, 0.1) is 38.4 Å². The number of para-hydroxylation sites is 1. The number of nitrogens with one attached hydrogen (secondary N) is 3. The third-order valence-electron chi connectivity index (χ3n) is 3.75. The van der Waals surface area contributed by atoms with Gasteiger partial charge in [0.25, 0.3) is 0 Å². The Balaban J connectivity index is 1.56. The molecule has 9 nitrogen and oxygen atoms in total. The predicted octanol–water partition coefficient (Wildman–Crippen LogP) is 4.08. The smallest absolute Gasteiger partial charge is 0.336 e. The minimum Gasteiger partial charge on any atom is -0.478 e. The molecular formula is C17H11ClN6O3S. The first kappa shape index (κ1) is 17.9. The second-order valence-corrected chi connectivity index (χ2v) is 7.02. The molecule has 3 heterocycles. The molecule has 28 heavy (non-hydrogen) atoms. The number of rotatable bonds is 4. The zero-order chi connectivity index (χ0) is 19.7. The van der Waals surface area contributed by atoms with E-state index in [1.165, 1.54) is 18.5 Å². The monoisotopic (exact) mass is 414 g/mol. The normalized spacial score (nSPS) is 10.8. The number of thiazole rings is 1. The van der Waals surface area contributed by atoms with Crippen molar-refractivity contribution in [3.05, 3.63) is 53.3 Å². The van der Waals surface area contributed by atoms with Crippen LogP contribution in [0, 0.1) is 0 Å². The zero-order valence-corrected chi connectivity index (χ0v) is 15.5. The van der Waals surface area contributed by atoms with Gasteiger partial charge in [0.15, 0.2) is 10.8 Å². The molecule has 2 amide bonds. The van der Waals surface area contributed by atoms with Crippen LogP contribution in [0.15, 0.2) is 42.7 Å². The summed E-state index contributed by atoms with van der Waals surface area (Å²) in [6.45, 7) is 0. The zero-order valence-electron chi connectivity index (χ0n) is 13.9. The fraction of sp³-hybridized carbons (Fsp3) is 0. The van der Waals surface area contributed by atoms with Crippen LogP contribution >= 0.6 is 22.9 Å². The van der Waals surface area contributed by atoms with Crippen molar-refractivity contribution in [2.75, 3.05) is 10.6 Å². The van der Waals surface area contributed by atoms with Crippen LogP contribution in [0.3, 0.4) is 0 Å².